The van der Waals surface area contributed by atoms with Gasteiger partial charge in [0.2, 0.25) is 0 Å². The highest BCUT2D eigenvalue weighted by Crippen LogP contribution is 2.29. The van der Waals surface area contributed by atoms with Crippen LogP contribution in [-0.4, -0.2) is 23.5 Å². The molecular formula is C23H20N2O3. The third-order valence-electron chi connectivity index (χ3n) is 5.01. The summed E-state index contributed by atoms with van der Waals surface area (Å²) in [6.45, 7) is 1.60. The molecule has 0 aliphatic carbocycles. The van der Waals surface area contributed by atoms with Crippen LogP contribution in [0, 0.1) is 0 Å². The number of carboxylic acid groups (broad SMARTS) is 1. The lowest BCUT2D eigenvalue weighted by Crippen LogP contribution is -2.30. The second kappa shape index (κ2) is 7.56. The van der Waals surface area contributed by atoms with Gasteiger partial charge in [-0.05, 0) is 47.9 Å². The first kappa shape index (κ1) is 17.8. The Morgan fingerprint density at radius 1 is 0.893 bits per heavy atom. The summed E-state index contributed by atoms with van der Waals surface area (Å²) in [5, 5.41) is 12.3. The second-order valence-corrected chi connectivity index (χ2v) is 6.80. The molecule has 3 aromatic carbocycles. The first-order valence-electron chi connectivity index (χ1n) is 9.17. The zero-order valence-corrected chi connectivity index (χ0v) is 15.3. The average Bonchev–Trinajstić information content (AvgIpc) is 2.73. The first-order chi connectivity index (χ1) is 13.6. The molecule has 5 nitrogen and oxygen atoms in total. The SMILES string of the molecule is O=C(Nc1cc(N2CCc3ccccc3C2)ccc1C(=O)O)c1ccccc1. The number of fused-ring (bicyclic) bond motifs is 1. The number of anilines is 2. The highest BCUT2D eigenvalue weighted by atomic mass is 16.4. The van der Waals surface area contributed by atoms with E-state index in [0.717, 1.165) is 25.2 Å². The van der Waals surface area contributed by atoms with Crippen molar-refractivity contribution >= 4 is 23.3 Å². The van der Waals surface area contributed by atoms with Gasteiger partial charge in [-0.15, -0.1) is 0 Å². The fourth-order valence-corrected chi connectivity index (χ4v) is 3.52. The number of hydrogen-bond acceptors (Lipinski definition) is 3. The van der Waals surface area contributed by atoms with Crippen LogP contribution >= 0.6 is 0 Å². The Kier molecular flexibility index (Phi) is 4.81. The number of rotatable bonds is 4. The van der Waals surface area contributed by atoms with Gasteiger partial charge in [0.15, 0.2) is 0 Å². The van der Waals surface area contributed by atoms with Crippen LogP contribution in [0.15, 0.2) is 72.8 Å². The molecule has 3 aromatic rings. The van der Waals surface area contributed by atoms with E-state index in [1.54, 1.807) is 42.5 Å². The highest BCUT2D eigenvalue weighted by molar-refractivity contribution is 6.08. The Hall–Kier alpha value is -3.60. The van der Waals surface area contributed by atoms with Crippen LogP contribution < -0.4 is 10.2 Å². The van der Waals surface area contributed by atoms with Crippen molar-refractivity contribution in [3.63, 3.8) is 0 Å². The van der Waals surface area contributed by atoms with E-state index in [4.69, 9.17) is 0 Å². The van der Waals surface area contributed by atoms with Gasteiger partial charge in [-0.1, -0.05) is 42.5 Å². The quantitative estimate of drug-likeness (QED) is 0.720. The third-order valence-corrected chi connectivity index (χ3v) is 5.01. The van der Waals surface area contributed by atoms with Crippen LogP contribution in [0.5, 0.6) is 0 Å². The maximum atomic E-state index is 12.5. The van der Waals surface area contributed by atoms with Gasteiger partial charge in [0.05, 0.1) is 11.3 Å². The molecule has 28 heavy (non-hydrogen) atoms. The van der Waals surface area contributed by atoms with Gasteiger partial charge >= 0.3 is 5.97 Å². The van der Waals surface area contributed by atoms with Crippen molar-refractivity contribution in [2.24, 2.45) is 0 Å². The van der Waals surface area contributed by atoms with Crippen molar-refractivity contribution < 1.29 is 14.7 Å². The lowest BCUT2D eigenvalue weighted by atomic mass is 9.99. The second-order valence-electron chi connectivity index (χ2n) is 6.80. The van der Waals surface area contributed by atoms with Gasteiger partial charge in [-0.3, -0.25) is 4.79 Å². The van der Waals surface area contributed by atoms with E-state index in [1.165, 1.54) is 11.1 Å². The molecule has 0 atom stereocenters. The van der Waals surface area contributed by atoms with E-state index in [2.05, 4.69) is 22.3 Å². The fourth-order valence-electron chi connectivity index (χ4n) is 3.52. The molecule has 5 heteroatoms. The first-order valence-corrected chi connectivity index (χ1v) is 9.17. The molecule has 0 radical (unpaired) electrons. The van der Waals surface area contributed by atoms with Crippen LogP contribution in [0.3, 0.4) is 0 Å². The van der Waals surface area contributed by atoms with E-state index in [-0.39, 0.29) is 11.5 Å². The predicted octanol–water partition coefficient (Wildman–Crippen LogP) is 4.20. The molecule has 140 valence electrons. The zero-order chi connectivity index (χ0) is 19.5. The van der Waals surface area contributed by atoms with Gasteiger partial charge < -0.3 is 15.3 Å². The van der Waals surface area contributed by atoms with Crippen molar-refractivity contribution in [1.29, 1.82) is 0 Å². The smallest absolute Gasteiger partial charge is 0.337 e. The summed E-state index contributed by atoms with van der Waals surface area (Å²) in [5.41, 5.74) is 4.37. The number of benzene rings is 3. The van der Waals surface area contributed by atoms with Crippen LogP contribution in [-0.2, 0) is 13.0 Å². The summed E-state index contributed by atoms with van der Waals surface area (Å²) in [6, 6.07) is 22.2. The van der Waals surface area contributed by atoms with E-state index < -0.39 is 5.97 Å². The summed E-state index contributed by atoms with van der Waals surface area (Å²) in [6.07, 6.45) is 0.933. The minimum atomic E-state index is -1.07. The molecule has 0 saturated heterocycles. The number of carbonyl (C=O) groups is 2. The number of aromatic carboxylic acids is 1. The Labute approximate surface area is 163 Å². The molecule has 4 rings (SSSR count). The summed E-state index contributed by atoms with van der Waals surface area (Å²) in [4.78, 5) is 26.3. The average molecular weight is 372 g/mol. The predicted molar refractivity (Wildman–Crippen MR) is 109 cm³/mol. The Morgan fingerprint density at radius 2 is 1.61 bits per heavy atom. The van der Waals surface area contributed by atoms with Crippen LogP contribution in [0.1, 0.15) is 31.8 Å². The summed E-state index contributed by atoms with van der Waals surface area (Å²) in [7, 11) is 0. The summed E-state index contributed by atoms with van der Waals surface area (Å²) in [5.74, 6) is -1.40. The Bertz CT molecular complexity index is 1030. The monoisotopic (exact) mass is 372 g/mol. The lowest BCUT2D eigenvalue weighted by molar-refractivity contribution is 0.0698. The lowest BCUT2D eigenvalue weighted by Gasteiger charge is -2.31. The number of hydrogen-bond donors (Lipinski definition) is 2. The molecule has 0 fully saturated rings. The van der Waals surface area contributed by atoms with Crippen LogP contribution in [0.2, 0.25) is 0 Å². The number of nitrogens with one attached hydrogen (secondary N) is 1. The minimum absolute atomic E-state index is 0.0745. The van der Waals surface area contributed by atoms with Crippen molar-refractivity contribution in [2.75, 3.05) is 16.8 Å². The molecule has 0 spiro atoms. The Morgan fingerprint density at radius 3 is 2.36 bits per heavy atom. The third kappa shape index (κ3) is 3.60. The van der Waals surface area contributed by atoms with E-state index in [9.17, 15) is 14.7 Å². The maximum absolute atomic E-state index is 12.5. The topological polar surface area (TPSA) is 69.6 Å². The molecular weight excluding hydrogens is 352 g/mol. The van der Waals surface area contributed by atoms with Gasteiger partial charge in [0, 0.05) is 24.3 Å². The molecule has 1 aliphatic heterocycles. The largest absolute Gasteiger partial charge is 0.478 e. The molecule has 0 aromatic heterocycles. The highest BCUT2D eigenvalue weighted by Gasteiger charge is 2.19. The fraction of sp³-hybridized carbons (Fsp3) is 0.130. The molecule has 0 bridgehead atoms. The van der Waals surface area contributed by atoms with Gasteiger partial charge in [-0.25, -0.2) is 4.79 Å². The maximum Gasteiger partial charge on any atom is 0.337 e. The van der Waals surface area contributed by atoms with Gasteiger partial charge in [0.25, 0.3) is 5.91 Å². The normalized spacial score (nSPS) is 12.9. The van der Waals surface area contributed by atoms with Crippen molar-refractivity contribution in [3.05, 3.63) is 95.1 Å². The molecule has 1 heterocycles. The van der Waals surface area contributed by atoms with Gasteiger partial charge in [-0.2, -0.15) is 0 Å². The number of amides is 1. The number of nitrogens with zero attached hydrogens (tertiary/aromatic N) is 1. The van der Waals surface area contributed by atoms with Gasteiger partial charge in [0.1, 0.15) is 0 Å². The zero-order valence-electron chi connectivity index (χ0n) is 15.3. The molecule has 1 amide bonds. The minimum Gasteiger partial charge on any atom is -0.478 e. The standard InChI is InChI=1S/C23H20N2O3/c26-22(17-7-2-1-3-8-17)24-21-14-19(10-11-20(21)23(27)28)25-13-12-16-6-4-5-9-18(16)15-25/h1-11,14H,12-13,15H2,(H,24,26)(H,27,28). The van der Waals surface area contributed by atoms with Crippen molar-refractivity contribution in [2.45, 2.75) is 13.0 Å². The van der Waals surface area contributed by atoms with Crippen LogP contribution in [0.4, 0.5) is 11.4 Å². The van der Waals surface area contributed by atoms with Crippen LogP contribution in [0.25, 0.3) is 0 Å². The molecule has 0 unspecified atom stereocenters. The molecule has 0 saturated carbocycles. The van der Waals surface area contributed by atoms with E-state index in [1.807, 2.05) is 18.2 Å². The van der Waals surface area contributed by atoms with E-state index >= 15 is 0 Å². The molecule has 1 aliphatic rings. The molecule has 2 N–H and O–H groups in total. The number of carbonyl (C=O) groups excluding carboxylic acids is 1. The van der Waals surface area contributed by atoms with Crippen molar-refractivity contribution in [3.8, 4) is 0 Å². The number of carboxylic acids is 1. The summed E-state index contributed by atoms with van der Waals surface area (Å²) < 4.78 is 0. The Balaban J connectivity index is 1.63. The van der Waals surface area contributed by atoms with Crippen molar-refractivity contribution in [1.82, 2.24) is 0 Å². The van der Waals surface area contributed by atoms with E-state index in [0.29, 0.717) is 11.3 Å². The summed E-state index contributed by atoms with van der Waals surface area (Å²) >= 11 is 0.